The Morgan fingerprint density at radius 3 is 2.92 bits per heavy atom. The van der Waals surface area contributed by atoms with Crippen LogP contribution >= 0.6 is 23.3 Å². The molecule has 2 aliphatic rings. The van der Waals surface area contributed by atoms with Gasteiger partial charge in [-0.05, 0) is 51.1 Å². The van der Waals surface area contributed by atoms with Gasteiger partial charge in [0.25, 0.3) is 0 Å². The lowest BCUT2D eigenvalue weighted by molar-refractivity contribution is -0.116. The third-order valence-corrected chi connectivity index (χ3v) is 8.45. The quantitative estimate of drug-likeness (QED) is 0.307. The van der Waals surface area contributed by atoms with Gasteiger partial charge in [0.2, 0.25) is 11.0 Å². The molecule has 12 nitrogen and oxygen atoms in total. The first-order valence-electron chi connectivity index (χ1n) is 13.1. The zero-order valence-electron chi connectivity index (χ0n) is 22.2. The molecule has 14 heteroatoms. The van der Waals surface area contributed by atoms with E-state index in [2.05, 4.69) is 42.7 Å². The smallest absolute Gasteiger partial charge is 0.247 e. The number of hydrogen-bond donors (Lipinski definition) is 2. The maximum Gasteiger partial charge on any atom is 0.247 e. The molecule has 0 bridgehead atoms. The van der Waals surface area contributed by atoms with Crippen LogP contribution in [0.2, 0.25) is 0 Å². The Bertz CT molecular complexity index is 1520. The van der Waals surface area contributed by atoms with Crippen molar-refractivity contribution < 1.29 is 4.79 Å². The molecule has 6 heterocycles. The first kappa shape index (κ1) is 25.9. The van der Waals surface area contributed by atoms with Crippen LogP contribution in [0.1, 0.15) is 36.9 Å². The van der Waals surface area contributed by atoms with Gasteiger partial charge in [-0.15, -0.1) is 10.2 Å². The predicted octanol–water partition coefficient (Wildman–Crippen LogP) is 3.66. The highest BCUT2D eigenvalue weighted by molar-refractivity contribution is 7.99. The minimum atomic E-state index is -0.212. The number of piperidine rings is 1. The number of nitrogens with zero attached hydrogens (tertiary/aromatic N) is 9. The highest BCUT2D eigenvalue weighted by Crippen LogP contribution is 2.30. The molecule has 1 fully saturated rings. The minimum absolute atomic E-state index is 0.0698. The van der Waals surface area contributed by atoms with Gasteiger partial charge in [-0.3, -0.25) is 24.1 Å². The molecule has 4 aromatic heterocycles. The molecule has 204 valence electrons. The van der Waals surface area contributed by atoms with E-state index >= 15 is 0 Å². The lowest BCUT2D eigenvalue weighted by Gasteiger charge is -2.30. The molecule has 0 saturated carbocycles. The fourth-order valence-electron chi connectivity index (χ4n) is 5.09. The van der Waals surface area contributed by atoms with Gasteiger partial charge < -0.3 is 5.32 Å². The maximum atomic E-state index is 12.4. The Morgan fingerprint density at radius 2 is 2.10 bits per heavy atom. The lowest BCUT2D eigenvalue weighted by Crippen LogP contribution is -2.38. The molecule has 2 N–H and O–H groups in total. The van der Waals surface area contributed by atoms with Crippen LogP contribution in [0.25, 0.3) is 16.9 Å². The number of anilines is 2. The zero-order chi connectivity index (χ0) is 26.9. The molecular formula is C25H31N11OS2. The van der Waals surface area contributed by atoms with E-state index in [1.807, 2.05) is 36.8 Å². The second-order valence-corrected chi connectivity index (χ2v) is 12.4. The summed E-state index contributed by atoms with van der Waals surface area (Å²) in [5, 5.41) is 20.0. The van der Waals surface area contributed by atoms with Crippen molar-refractivity contribution in [3.63, 3.8) is 0 Å². The van der Waals surface area contributed by atoms with Crippen LogP contribution in [0.5, 0.6) is 0 Å². The van der Waals surface area contributed by atoms with Crippen LogP contribution in [0.4, 0.5) is 10.9 Å². The van der Waals surface area contributed by atoms with Gasteiger partial charge in [0.05, 0.1) is 23.8 Å². The second kappa shape index (κ2) is 11.0. The summed E-state index contributed by atoms with van der Waals surface area (Å²) < 4.78 is 8.39. The normalized spacial score (nSPS) is 19.9. The van der Waals surface area contributed by atoms with Crippen LogP contribution in [-0.2, 0) is 11.3 Å². The average molecular weight is 566 g/mol. The molecule has 0 aromatic carbocycles. The average Bonchev–Trinajstić information content (AvgIpc) is 3.68. The lowest BCUT2D eigenvalue weighted by atomic mass is 10.00. The Hall–Kier alpha value is -3.36. The largest absolute Gasteiger partial charge is 0.353 e. The molecule has 6 rings (SSSR count). The summed E-state index contributed by atoms with van der Waals surface area (Å²) in [6.45, 7) is 9.48. The zero-order valence-corrected chi connectivity index (χ0v) is 23.8. The van der Waals surface area contributed by atoms with Gasteiger partial charge in [-0.2, -0.15) is 5.10 Å². The van der Waals surface area contributed by atoms with Crippen molar-refractivity contribution in [1.82, 2.24) is 39.2 Å². The summed E-state index contributed by atoms with van der Waals surface area (Å²) in [6.07, 6.45) is 10.8. The van der Waals surface area contributed by atoms with E-state index in [1.54, 1.807) is 22.8 Å². The summed E-state index contributed by atoms with van der Waals surface area (Å²) in [6, 6.07) is 0. The van der Waals surface area contributed by atoms with Crippen LogP contribution in [0.3, 0.4) is 0 Å². The summed E-state index contributed by atoms with van der Waals surface area (Å²) in [5.74, 6) is 1.29. The maximum absolute atomic E-state index is 12.4. The van der Waals surface area contributed by atoms with Crippen molar-refractivity contribution >= 4 is 51.5 Å². The standard InChI is InChI=1S/C25H31N11OS2/c1-15-5-4-6-34(10-15)13-19-7-22(39-33-19)30-23-24-26-9-20(36(24)11-16(2)28-23)18-8-27-35(12-18)14-21(37)29-25-32-31-17(3)38-25/h8-9,11-12,15,22H,4-7,10,13-14H2,1-3H3,(H,28,30)(H,29,32,37). The Balaban J connectivity index is 1.13. The van der Waals surface area contributed by atoms with Crippen molar-refractivity contribution in [2.45, 2.75) is 52.0 Å². The number of hydrogen-bond acceptors (Lipinski definition) is 11. The number of fused-ring (bicyclic) bond motifs is 1. The SMILES string of the molecule is Cc1cn2c(-c3cnn(CC(=O)Nc4nnc(C)s4)c3)cnc2c(NC2CC(CN3CCCC(C)C3)=NS2)n1. The van der Waals surface area contributed by atoms with Crippen LogP contribution in [0.15, 0.2) is 29.2 Å². The third kappa shape index (κ3) is 5.97. The number of carbonyl (C=O) groups excluding carboxylic acids is 1. The van der Waals surface area contributed by atoms with Gasteiger partial charge in [0, 0.05) is 43.2 Å². The third-order valence-electron chi connectivity index (χ3n) is 6.79. The van der Waals surface area contributed by atoms with Crippen LogP contribution in [0, 0.1) is 19.8 Å². The minimum Gasteiger partial charge on any atom is -0.353 e. The number of nitrogens with one attached hydrogen (secondary N) is 2. The van der Waals surface area contributed by atoms with E-state index in [0.29, 0.717) is 5.13 Å². The predicted molar refractivity (Wildman–Crippen MR) is 154 cm³/mol. The fourth-order valence-corrected chi connectivity index (χ4v) is 6.54. The van der Waals surface area contributed by atoms with Crippen molar-refractivity contribution in [2.24, 2.45) is 10.3 Å². The number of aromatic nitrogens is 7. The molecule has 4 aromatic rings. The number of aryl methyl sites for hydroxylation is 2. The summed E-state index contributed by atoms with van der Waals surface area (Å²) >= 11 is 2.91. The molecule has 1 amide bonds. The number of rotatable bonds is 8. The van der Waals surface area contributed by atoms with Gasteiger partial charge in [-0.1, -0.05) is 18.3 Å². The molecule has 0 aliphatic carbocycles. The molecule has 0 spiro atoms. The first-order valence-corrected chi connectivity index (χ1v) is 14.7. The fraction of sp³-hybridized carbons (Fsp3) is 0.480. The van der Waals surface area contributed by atoms with Crippen LogP contribution < -0.4 is 10.6 Å². The van der Waals surface area contributed by atoms with Crippen molar-refractivity contribution in [3.8, 4) is 11.3 Å². The van der Waals surface area contributed by atoms with Crippen molar-refractivity contribution in [2.75, 3.05) is 30.3 Å². The van der Waals surface area contributed by atoms with Crippen molar-refractivity contribution in [1.29, 1.82) is 0 Å². The van der Waals surface area contributed by atoms with Gasteiger partial charge >= 0.3 is 0 Å². The van der Waals surface area contributed by atoms with E-state index in [-0.39, 0.29) is 17.8 Å². The summed E-state index contributed by atoms with van der Waals surface area (Å²) in [7, 11) is 0. The van der Waals surface area contributed by atoms with Crippen LogP contribution in [-0.4, -0.2) is 75.9 Å². The Morgan fingerprint density at radius 1 is 1.21 bits per heavy atom. The molecule has 0 radical (unpaired) electrons. The molecule has 2 atom stereocenters. The highest BCUT2D eigenvalue weighted by Gasteiger charge is 2.25. The Kier molecular flexibility index (Phi) is 7.32. The monoisotopic (exact) mass is 565 g/mol. The van der Waals surface area contributed by atoms with E-state index < -0.39 is 0 Å². The van der Waals surface area contributed by atoms with Gasteiger partial charge in [-0.25, -0.2) is 14.4 Å². The van der Waals surface area contributed by atoms with Gasteiger partial charge in [0.15, 0.2) is 11.5 Å². The van der Waals surface area contributed by atoms with Gasteiger partial charge in [0.1, 0.15) is 16.9 Å². The topological polar surface area (TPSA) is 131 Å². The van der Waals surface area contributed by atoms with E-state index in [1.165, 1.54) is 29.9 Å². The summed E-state index contributed by atoms with van der Waals surface area (Å²) in [4.78, 5) is 24.4. The van der Waals surface area contributed by atoms with E-state index in [9.17, 15) is 4.79 Å². The summed E-state index contributed by atoms with van der Waals surface area (Å²) in [5.41, 5.74) is 4.58. The Labute approximate surface area is 234 Å². The molecule has 39 heavy (non-hydrogen) atoms. The molecule has 2 unspecified atom stereocenters. The second-order valence-electron chi connectivity index (χ2n) is 10.3. The molecule has 2 aliphatic heterocycles. The van der Waals surface area contributed by atoms with E-state index in [4.69, 9.17) is 9.38 Å². The number of carbonyl (C=O) groups is 1. The van der Waals surface area contributed by atoms with E-state index in [0.717, 1.165) is 65.4 Å². The highest BCUT2D eigenvalue weighted by atomic mass is 32.2. The number of imidazole rings is 1. The molecule has 1 saturated heterocycles. The molecular weight excluding hydrogens is 534 g/mol. The first-order chi connectivity index (χ1) is 18.9. The van der Waals surface area contributed by atoms with Crippen molar-refractivity contribution in [3.05, 3.63) is 35.5 Å². The number of likely N-dealkylation sites (tertiary alicyclic amines) is 1. The number of amides is 1.